The Balaban J connectivity index is 5.16. The average molecular weight is 1190 g/mol. The molecule has 0 saturated carbocycles. The molecule has 0 aromatic heterocycles. The van der Waals surface area contributed by atoms with Gasteiger partial charge in [0, 0.05) is 25.7 Å². The fourth-order valence-corrected chi connectivity index (χ4v) is 10.6. The van der Waals surface area contributed by atoms with E-state index in [0.717, 1.165) is 122 Å². The Morgan fingerprint density at radius 2 is 0.575 bits per heavy atom. The highest BCUT2D eigenvalue weighted by Crippen LogP contribution is 2.45. The summed E-state index contributed by atoms with van der Waals surface area (Å²) in [5, 5.41) is 10.5. The number of aliphatic hydroxyl groups is 1. The second-order valence-corrected chi connectivity index (χ2v) is 25.5. The van der Waals surface area contributed by atoms with E-state index in [2.05, 4.69) is 34.6 Å². The zero-order valence-electron chi connectivity index (χ0n) is 51.2. The van der Waals surface area contributed by atoms with Crippen molar-refractivity contribution in [2.75, 3.05) is 39.6 Å². The van der Waals surface area contributed by atoms with Gasteiger partial charge in [-0.05, 0) is 31.6 Å². The lowest BCUT2D eigenvalue weighted by atomic mass is 10.0. The number of unbranched alkanes of at least 4 members (excludes halogenated alkanes) is 33. The number of carbonyl (C=O) groups is 4. The SMILES string of the molecule is CCCCCCCCCCCCCCCCCCC(=O)O[C@H](COC(=O)CCCCCCCCCC(C)C)COP(=O)(O)OC[C@@H](O)COP(=O)(O)OC[C@@H](COC(=O)CCCCCCCCC)OC(=O)CCCCCCCCC. The summed E-state index contributed by atoms with van der Waals surface area (Å²) in [6.07, 6.45) is 37.9. The van der Waals surface area contributed by atoms with Gasteiger partial charge in [0.15, 0.2) is 12.2 Å². The summed E-state index contributed by atoms with van der Waals surface area (Å²) in [6, 6.07) is 0. The van der Waals surface area contributed by atoms with Crippen LogP contribution in [0.4, 0.5) is 0 Å². The molecule has 0 fully saturated rings. The summed E-state index contributed by atoms with van der Waals surface area (Å²) in [7, 11) is -9.87. The maximum atomic E-state index is 12.9. The van der Waals surface area contributed by atoms with Crippen LogP contribution in [0.5, 0.6) is 0 Å². The van der Waals surface area contributed by atoms with E-state index in [1.807, 2.05) is 0 Å². The molecule has 3 N–H and O–H groups in total. The van der Waals surface area contributed by atoms with Crippen LogP contribution in [0.15, 0.2) is 0 Å². The highest BCUT2D eigenvalue weighted by Gasteiger charge is 2.30. The molecule has 2 unspecified atom stereocenters. The predicted octanol–water partition coefficient (Wildman–Crippen LogP) is 16.6. The van der Waals surface area contributed by atoms with Crippen LogP contribution >= 0.6 is 15.6 Å². The number of hydrogen-bond donors (Lipinski definition) is 3. The molecule has 474 valence electrons. The first-order valence-corrected chi connectivity index (χ1v) is 35.1. The molecule has 0 rings (SSSR count). The maximum absolute atomic E-state index is 12.9. The zero-order valence-corrected chi connectivity index (χ0v) is 53.0. The topological polar surface area (TPSA) is 237 Å². The van der Waals surface area contributed by atoms with E-state index in [9.17, 15) is 43.2 Å². The summed E-state index contributed by atoms with van der Waals surface area (Å²) in [5.74, 6) is -1.44. The van der Waals surface area contributed by atoms with E-state index in [0.29, 0.717) is 31.6 Å². The quantitative estimate of drug-likeness (QED) is 0.0222. The fourth-order valence-electron chi connectivity index (χ4n) is 9.05. The number of phosphoric ester groups is 2. The third-order valence-corrected chi connectivity index (χ3v) is 15.9. The van der Waals surface area contributed by atoms with Crippen LogP contribution in [-0.2, 0) is 65.4 Å². The molecule has 5 atom stereocenters. The third-order valence-electron chi connectivity index (χ3n) is 14.0. The van der Waals surface area contributed by atoms with Gasteiger partial charge in [0.2, 0.25) is 0 Å². The first kappa shape index (κ1) is 78.1. The van der Waals surface area contributed by atoms with Gasteiger partial charge in [-0.3, -0.25) is 37.3 Å². The van der Waals surface area contributed by atoms with Crippen molar-refractivity contribution in [3.8, 4) is 0 Å². The molecular weight excluding hydrogens is 1070 g/mol. The Hall–Kier alpha value is -1.94. The van der Waals surface area contributed by atoms with Gasteiger partial charge in [-0.15, -0.1) is 0 Å². The number of rotatable bonds is 61. The second-order valence-electron chi connectivity index (χ2n) is 22.6. The molecule has 0 spiro atoms. The number of hydrogen-bond acceptors (Lipinski definition) is 15. The van der Waals surface area contributed by atoms with Crippen LogP contribution in [0.25, 0.3) is 0 Å². The summed E-state index contributed by atoms with van der Waals surface area (Å²) in [4.78, 5) is 71.8. The Kier molecular flexibility index (Phi) is 53.6. The molecule has 0 amide bonds. The van der Waals surface area contributed by atoms with Crippen molar-refractivity contribution in [3.05, 3.63) is 0 Å². The lowest BCUT2D eigenvalue weighted by Crippen LogP contribution is -2.30. The molecule has 0 radical (unpaired) electrons. The van der Waals surface area contributed by atoms with Gasteiger partial charge in [-0.1, -0.05) is 253 Å². The van der Waals surface area contributed by atoms with Crippen molar-refractivity contribution in [1.82, 2.24) is 0 Å². The molecule has 0 bridgehead atoms. The van der Waals surface area contributed by atoms with Gasteiger partial charge >= 0.3 is 39.5 Å². The Morgan fingerprint density at radius 3 is 0.850 bits per heavy atom. The lowest BCUT2D eigenvalue weighted by Gasteiger charge is -2.21. The van der Waals surface area contributed by atoms with Gasteiger partial charge < -0.3 is 33.8 Å². The summed E-state index contributed by atoms with van der Waals surface area (Å²) in [6.45, 7) is 7.04. The number of carbonyl (C=O) groups excluding carboxylic acids is 4. The van der Waals surface area contributed by atoms with E-state index in [-0.39, 0.29) is 25.7 Å². The molecule has 0 aromatic carbocycles. The monoisotopic (exact) mass is 1180 g/mol. The van der Waals surface area contributed by atoms with Crippen molar-refractivity contribution in [2.45, 2.75) is 323 Å². The second kappa shape index (κ2) is 55.0. The van der Waals surface area contributed by atoms with E-state index in [1.54, 1.807) is 0 Å². The molecule has 19 heteroatoms. The largest absolute Gasteiger partial charge is 0.472 e. The van der Waals surface area contributed by atoms with Gasteiger partial charge in [-0.2, -0.15) is 0 Å². The lowest BCUT2D eigenvalue weighted by molar-refractivity contribution is -0.161. The minimum Gasteiger partial charge on any atom is -0.462 e. The Labute approximate surface area is 486 Å². The Bertz CT molecular complexity index is 1570. The van der Waals surface area contributed by atoms with Gasteiger partial charge in [0.25, 0.3) is 0 Å². The standard InChI is InChI=1S/C61H118O17P2/c1-6-9-12-15-18-19-20-21-22-23-24-25-26-31-37-42-47-61(66)78-57(51-72-59(64)45-40-35-32-27-30-33-38-43-54(4)5)53-76-80(69,70)74-49-55(62)48-73-79(67,68)75-52-56(77-60(65)46-41-36-29-17-14-11-8-3)50-71-58(63)44-39-34-28-16-13-10-7-2/h54-57,62H,6-53H2,1-5H3,(H,67,68)(H,69,70)/t55-,56+,57+/m0/s1. The van der Waals surface area contributed by atoms with Crippen LogP contribution in [0.1, 0.15) is 304 Å². The van der Waals surface area contributed by atoms with Crippen molar-refractivity contribution >= 4 is 39.5 Å². The number of esters is 4. The van der Waals surface area contributed by atoms with E-state index >= 15 is 0 Å². The molecule has 80 heavy (non-hydrogen) atoms. The van der Waals surface area contributed by atoms with Crippen molar-refractivity contribution < 1.29 is 80.2 Å². The average Bonchev–Trinajstić information content (AvgIpc) is 3.42. The number of aliphatic hydroxyl groups excluding tert-OH is 1. The molecule has 0 aromatic rings. The van der Waals surface area contributed by atoms with Crippen LogP contribution in [0.3, 0.4) is 0 Å². The summed E-state index contributed by atoms with van der Waals surface area (Å²) < 4.78 is 67.7. The molecule has 0 saturated heterocycles. The normalized spacial score (nSPS) is 14.3. The highest BCUT2D eigenvalue weighted by atomic mass is 31.2. The summed E-state index contributed by atoms with van der Waals surface area (Å²) >= 11 is 0. The van der Waals surface area contributed by atoms with Gasteiger partial charge in [0.1, 0.15) is 19.3 Å². The van der Waals surface area contributed by atoms with Crippen LogP contribution in [-0.4, -0.2) is 96.7 Å². The highest BCUT2D eigenvalue weighted by molar-refractivity contribution is 7.47. The maximum Gasteiger partial charge on any atom is 0.472 e. The van der Waals surface area contributed by atoms with Gasteiger partial charge in [0.05, 0.1) is 26.4 Å². The van der Waals surface area contributed by atoms with E-state index in [4.69, 9.17) is 37.0 Å². The molecule has 17 nitrogen and oxygen atoms in total. The molecular formula is C61H118O17P2. The van der Waals surface area contributed by atoms with Gasteiger partial charge in [-0.25, -0.2) is 9.13 Å². The molecule has 0 aliphatic heterocycles. The number of phosphoric acid groups is 2. The first-order valence-electron chi connectivity index (χ1n) is 32.1. The fraction of sp³-hybridized carbons (Fsp3) is 0.934. The van der Waals surface area contributed by atoms with Crippen LogP contribution in [0.2, 0.25) is 0 Å². The van der Waals surface area contributed by atoms with Crippen LogP contribution in [0, 0.1) is 5.92 Å². The predicted molar refractivity (Wildman–Crippen MR) is 317 cm³/mol. The Morgan fingerprint density at radius 1 is 0.338 bits per heavy atom. The van der Waals surface area contributed by atoms with E-state index in [1.165, 1.54) is 96.3 Å². The zero-order chi connectivity index (χ0) is 59.2. The molecule has 0 aliphatic rings. The minimum absolute atomic E-state index is 0.103. The summed E-state index contributed by atoms with van der Waals surface area (Å²) in [5.41, 5.74) is 0. The molecule has 0 heterocycles. The van der Waals surface area contributed by atoms with Crippen molar-refractivity contribution in [1.29, 1.82) is 0 Å². The van der Waals surface area contributed by atoms with Crippen molar-refractivity contribution in [2.24, 2.45) is 5.92 Å². The third kappa shape index (κ3) is 55.3. The minimum atomic E-state index is -4.94. The molecule has 0 aliphatic carbocycles. The smallest absolute Gasteiger partial charge is 0.462 e. The van der Waals surface area contributed by atoms with Crippen LogP contribution < -0.4 is 0 Å². The van der Waals surface area contributed by atoms with E-state index < -0.39 is 97.5 Å². The van der Waals surface area contributed by atoms with Crippen molar-refractivity contribution in [3.63, 3.8) is 0 Å². The first-order chi connectivity index (χ1) is 38.5. The number of ether oxygens (including phenoxy) is 4.